The van der Waals surface area contributed by atoms with E-state index in [1.165, 1.54) is 5.56 Å². The molecule has 0 aliphatic carbocycles. The summed E-state index contributed by atoms with van der Waals surface area (Å²) >= 11 is 0. The average molecular weight is 372 g/mol. The number of ketones is 2. The Morgan fingerprint density at radius 3 is 2.59 bits per heavy atom. The lowest BCUT2D eigenvalue weighted by atomic mass is 9.84. The summed E-state index contributed by atoms with van der Waals surface area (Å²) in [5.41, 5.74) is 0.675. The number of Topliss-reactive ketones (excluding diaryl/α,β-unsaturated/α-hetero) is 2. The predicted octanol–water partition coefficient (Wildman–Crippen LogP) is 4.01. The molecule has 0 radical (unpaired) electrons. The van der Waals surface area contributed by atoms with Crippen LogP contribution in [0.4, 0.5) is 0 Å². The molecule has 1 saturated heterocycles. The molecule has 0 spiro atoms. The molecule has 0 aromatic heterocycles. The number of unbranched alkanes of at least 4 members (excludes halogenated alkanes) is 1. The summed E-state index contributed by atoms with van der Waals surface area (Å²) in [5.74, 6) is -0.0226. The molecule has 0 saturated carbocycles. The number of hydrogen-bond donors (Lipinski definition) is 0. The fraction of sp³-hybridized carbons (Fsp3) is 0.609. The fourth-order valence-electron chi connectivity index (χ4n) is 3.77. The highest BCUT2D eigenvalue weighted by Gasteiger charge is 2.32. The Labute approximate surface area is 163 Å². The molecule has 1 heterocycles. The molecule has 1 fully saturated rings. The number of carbonyl (C=O) groups is 3. The summed E-state index contributed by atoms with van der Waals surface area (Å²) in [6, 6.07) is 10.4. The summed E-state index contributed by atoms with van der Waals surface area (Å²) in [7, 11) is 0. The number of aldehydes is 1. The van der Waals surface area contributed by atoms with Crippen LogP contribution >= 0.6 is 0 Å². The normalized spacial score (nSPS) is 18.2. The molecule has 148 valence electrons. The van der Waals surface area contributed by atoms with E-state index in [0.717, 1.165) is 45.1 Å². The van der Waals surface area contributed by atoms with Crippen molar-refractivity contribution in [3.63, 3.8) is 0 Å². The van der Waals surface area contributed by atoms with E-state index in [9.17, 15) is 14.4 Å². The van der Waals surface area contributed by atoms with E-state index < -0.39 is 5.41 Å². The van der Waals surface area contributed by atoms with Crippen LogP contribution < -0.4 is 0 Å². The largest absolute Gasteiger partial charge is 0.298 e. The van der Waals surface area contributed by atoms with Gasteiger partial charge in [-0.3, -0.25) is 19.3 Å². The number of hydrogen-bond acceptors (Lipinski definition) is 4. The lowest BCUT2D eigenvalue weighted by Gasteiger charge is -2.36. The SMILES string of the molecule is CC(C)(CCN1CCCCC1C(=O)CCCCc1ccccc1)C(=O)C=O. The second kappa shape index (κ2) is 10.5. The number of piperidine rings is 1. The molecular formula is C23H33NO3. The van der Waals surface area contributed by atoms with Gasteiger partial charge in [0.1, 0.15) is 5.78 Å². The first kappa shape index (κ1) is 21.5. The van der Waals surface area contributed by atoms with Crippen molar-refractivity contribution in [2.45, 2.75) is 71.3 Å². The van der Waals surface area contributed by atoms with Crippen LogP contribution in [0, 0.1) is 5.41 Å². The molecule has 1 aliphatic rings. The van der Waals surface area contributed by atoms with Gasteiger partial charge < -0.3 is 0 Å². The minimum Gasteiger partial charge on any atom is -0.298 e. The second-order valence-electron chi connectivity index (χ2n) is 8.32. The Morgan fingerprint density at radius 2 is 1.89 bits per heavy atom. The minimum absolute atomic E-state index is 0.0161. The second-order valence-corrected chi connectivity index (χ2v) is 8.32. The standard InChI is InChI=1S/C23H33NO3/c1-23(2,22(27)18-25)15-17-24-16-9-8-13-20(24)21(26)14-7-6-12-19-10-4-3-5-11-19/h3-5,10-11,18,20H,6-9,12-17H2,1-2H3. The van der Waals surface area contributed by atoms with Crippen molar-refractivity contribution in [2.24, 2.45) is 5.41 Å². The zero-order valence-corrected chi connectivity index (χ0v) is 16.8. The van der Waals surface area contributed by atoms with Gasteiger partial charge in [0.2, 0.25) is 5.78 Å². The maximum absolute atomic E-state index is 12.8. The molecule has 1 unspecified atom stereocenters. The van der Waals surface area contributed by atoms with Crippen LogP contribution in [0.25, 0.3) is 0 Å². The van der Waals surface area contributed by atoms with Crippen molar-refractivity contribution in [2.75, 3.05) is 13.1 Å². The van der Waals surface area contributed by atoms with Crippen molar-refractivity contribution in [1.29, 1.82) is 0 Å². The smallest absolute Gasteiger partial charge is 0.200 e. The van der Waals surface area contributed by atoms with Crippen LogP contribution in [-0.2, 0) is 20.8 Å². The Balaban J connectivity index is 1.80. The van der Waals surface area contributed by atoms with Gasteiger partial charge >= 0.3 is 0 Å². The number of rotatable bonds is 11. The molecule has 4 heteroatoms. The molecule has 1 aromatic rings. The van der Waals surface area contributed by atoms with Gasteiger partial charge in [-0.1, -0.05) is 50.6 Å². The fourth-order valence-corrected chi connectivity index (χ4v) is 3.77. The molecule has 2 rings (SSSR count). The molecule has 0 bridgehead atoms. The maximum Gasteiger partial charge on any atom is 0.200 e. The van der Waals surface area contributed by atoms with Gasteiger partial charge in [-0.2, -0.15) is 0 Å². The Bertz CT molecular complexity index is 624. The molecule has 0 N–H and O–H groups in total. The number of nitrogens with zero attached hydrogens (tertiary/aromatic N) is 1. The van der Waals surface area contributed by atoms with E-state index in [2.05, 4.69) is 29.2 Å². The molecule has 27 heavy (non-hydrogen) atoms. The van der Waals surface area contributed by atoms with E-state index in [0.29, 0.717) is 31.5 Å². The number of aryl methyl sites for hydroxylation is 1. The number of carbonyl (C=O) groups excluding carboxylic acids is 3. The van der Waals surface area contributed by atoms with Gasteiger partial charge in [0.05, 0.1) is 6.04 Å². The monoisotopic (exact) mass is 371 g/mol. The van der Waals surface area contributed by atoms with Crippen LogP contribution in [0.5, 0.6) is 0 Å². The maximum atomic E-state index is 12.8. The molecule has 1 atom stereocenters. The first-order valence-corrected chi connectivity index (χ1v) is 10.2. The van der Waals surface area contributed by atoms with Crippen LogP contribution in [0.3, 0.4) is 0 Å². The Kier molecular flexibility index (Phi) is 8.36. The predicted molar refractivity (Wildman–Crippen MR) is 108 cm³/mol. The van der Waals surface area contributed by atoms with Crippen LogP contribution in [0.2, 0.25) is 0 Å². The van der Waals surface area contributed by atoms with Crippen molar-refractivity contribution < 1.29 is 14.4 Å². The zero-order valence-electron chi connectivity index (χ0n) is 16.8. The zero-order chi connectivity index (χ0) is 19.7. The van der Waals surface area contributed by atoms with Crippen molar-refractivity contribution >= 4 is 17.9 Å². The summed E-state index contributed by atoms with van der Waals surface area (Å²) in [4.78, 5) is 37.6. The first-order valence-electron chi connectivity index (χ1n) is 10.2. The molecule has 1 aromatic carbocycles. The van der Waals surface area contributed by atoms with E-state index >= 15 is 0 Å². The Morgan fingerprint density at radius 1 is 1.15 bits per heavy atom. The third-order valence-electron chi connectivity index (χ3n) is 5.76. The minimum atomic E-state index is -0.650. The lowest BCUT2D eigenvalue weighted by Crippen LogP contribution is -2.46. The van der Waals surface area contributed by atoms with E-state index in [-0.39, 0.29) is 11.8 Å². The molecular weight excluding hydrogens is 338 g/mol. The van der Waals surface area contributed by atoms with Crippen molar-refractivity contribution in [3.05, 3.63) is 35.9 Å². The van der Waals surface area contributed by atoms with Gasteiger partial charge in [0.15, 0.2) is 6.29 Å². The van der Waals surface area contributed by atoms with Gasteiger partial charge in [-0.05, 0) is 57.2 Å². The summed E-state index contributed by atoms with van der Waals surface area (Å²) in [6.07, 6.45) is 7.74. The number of benzene rings is 1. The average Bonchev–Trinajstić information content (AvgIpc) is 2.70. The first-order chi connectivity index (χ1) is 12.9. The van der Waals surface area contributed by atoms with E-state index in [4.69, 9.17) is 0 Å². The molecule has 4 nitrogen and oxygen atoms in total. The lowest BCUT2D eigenvalue weighted by molar-refractivity contribution is -0.136. The quantitative estimate of drug-likeness (QED) is 0.335. The summed E-state index contributed by atoms with van der Waals surface area (Å²) in [6.45, 7) is 5.24. The van der Waals surface area contributed by atoms with E-state index in [1.807, 2.05) is 19.9 Å². The van der Waals surface area contributed by atoms with E-state index in [1.54, 1.807) is 0 Å². The van der Waals surface area contributed by atoms with Crippen LogP contribution in [0.1, 0.15) is 64.4 Å². The van der Waals surface area contributed by atoms with Gasteiger partial charge in [0.25, 0.3) is 0 Å². The van der Waals surface area contributed by atoms with Gasteiger partial charge in [-0.25, -0.2) is 0 Å². The number of likely N-dealkylation sites (tertiary alicyclic amines) is 1. The molecule has 1 aliphatic heterocycles. The highest BCUT2D eigenvalue weighted by Crippen LogP contribution is 2.25. The third kappa shape index (κ3) is 6.69. The van der Waals surface area contributed by atoms with Gasteiger partial charge in [0, 0.05) is 11.8 Å². The van der Waals surface area contributed by atoms with Crippen molar-refractivity contribution in [3.8, 4) is 0 Å². The highest BCUT2D eigenvalue weighted by atomic mass is 16.2. The summed E-state index contributed by atoms with van der Waals surface area (Å²) < 4.78 is 0. The van der Waals surface area contributed by atoms with Crippen LogP contribution in [0.15, 0.2) is 30.3 Å². The third-order valence-corrected chi connectivity index (χ3v) is 5.76. The van der Waals surface area contributed by atoms with Gasteiger partial charge in [-0.15, -0.1) is 0 Å². The van der Waals surface area contributed by atoms with Crippen LogP contribution in [-0.4, -0.2) is 41.9 Å². The topological polar surface area (TPSA) is 54.5 Å². The molecule has 0 amide bonds. The Hall–Kier alpha value is -1.81. The highest BCUT2D eigenvalue weighted by molar-refractivity contribution is 6.27. The summed E-state index contributed by atoms with van der Waals surface area (Å²) in [5, 5.41) is 0. The van der Waals surface area contributed by atoms with Crippen molar-refractivity contribution in [1.82, 2.24) is 4.90 Å².